The number of fused-ring (bicyclic) bond motifs is 1. The van der Waals surface area contributed by atoms with Crippen LogP contribution in [0, 0.1) is 12.8 Å². The maximum absolute atomic E-state index is 12.6. The van der Waals surface area contributed by atoms with Crippen LogP contribution in [0.5, 0.6) is 0 Å². The number of nitrogens with one attached hydrogen (secondary N) is 1. The zero-order chi connectivity index (χ0) is 18.1. The molecule has 1 aromatic heterocycles. The first-order valence-electron chi connectivity index (χ1n) is 9.08. The summed E-state index contributed by atoms with van der Waals surface area (Å²) in [6.07, 6.45) is 5.48. The first-order valence-corrected chi connectivity index (χ1v) is 9.46. The van der Waals surface area contributed by atoms with Crippen LogP contribution >= 0.6 is 11.6 Å². The van der Waals surface area contributed by atoms with E-state index < -0.39 is 0 Å². The molecule has 0 radical (unpaired) electrons. The van der Waals surface area contributed by atoms with Crippen LogP contribution in [0.3, 0.4) is 0 Å². The molecule has 1 N–H and O–H groups in total. The molecule has 1 fully saturated rings. The summed E-state index contributed by atoms with van der Waals surface area (Å²) in [5, 5.41) is 3.73. The third-order valence-corrected chi connectivity index (χ3v) is 5.30. The molecule has 1 amide bonds. The van der Waals surface area contributed by atoms with Crippen molar-refractivity contribution >= 4 is 34.3 Å². The average molecular weight is 369 g/mol. The van der Waals surface area contributed by atoms with E-state index in [-0.39, 0.29) is 11.8 Å². The molecular weight excluding hydrogens is 348 g/mol. The van der Waals surface area contributed by atoms with Crippen molar-refractivity contribution in [2.45, 2.75) is 39.0 Å². The molecule has 0 bridgehead atoms. The highest BCUT2D eigenvalue weighted by molar-refractivity contribution is 6.31. The van der Waals surface area contributed by atoms with Gasteiger partial charge in [0.05, 0.1) is 0 Å². The van der Waals surface area contributed by atoms with Gasteiger partial charge in [-0.05, 0) is 55.7 Å². The highest BCUT2D eigenvalue weighted by Crippen LogP contribution is 2.30. The summed E-state index contributed by atoms with van der Waals surface area (Å²) in [7, 11) is 0. The van der Waals surface area contributed by atoms with Crippen LogP contribution in [0.25, 0.3) is 22.6 Å². The SMILES string of the molecule is Cc1ccc(-c2nc3cc(Cl)ccc3o2)cc1NC(=O)C1CCCCC1. The Hall–Kier alpha value is -2.33. The molecule has 0 spiro atoms. The fourth-order valence-corrected chi connectivity index (χ4v) is 3.68. The minimum Gasteiger partial charge on any atom is -0.436 e. The Bertz CT molecular complexity index is 958. The summed E-state index contributed by atoms with van der Waals surface area (Å²) in [5.74, 6) is 0.767. The maximum atomic E-state index is 12.6. The number of benzene rings is 2. The molecule has 3 aromatic rings. The van der Waals surface area contributed by atoms with Gasteiger partial charge >= 0.3 is 0 Å². The fourth-order valence-electron chi connectivity index (χ4n) is 3.51. The molecule has 26 heavy (non-hydrogen) atoms. The molecule has 134 valence electrons. The van der Waals surface area contributed by atoms with Crippen molar-refractivity contribution in [3.05, 3.63) is 47.0 Å². The van der Waals surface area contributed by atoms with Crippen molar-refractivity contribution in [1.29, 1.82) is 0 Å². The number of rotatable bonds is 3. The Balaban J connectivity index is 1.61. The molecule has 5 heteroatoms. The van der Waals surface area contributed by atoms with Crippen LogP contribution < -0.4 is 5.32 Å². The van der Waals surface area contributed by atoms with E-state index in [9.17, 15) is 4.79 Å². The molecule has 0 aliphatic heterocycles. The predicted octanol–water partition coefficient (Wildman–Crippen LogP) is 5.98. The monoisotopic (exact) mass is 368 g/mol. The zero-order valence-electron chi connectivity index (χ0n) is 14.7. The fraction of sp³-hybridized carbons (Fsp3) is 0.333. The Labute approximate surface area is 157 Å². The third kappa shape index (κ3) is 3.47. The van der Waals surface area contributed by atoms with Crippen LogP contribution in [-0.4, -0.2) is 10.9 Å². The van der Waals surface area contributed by atoms with E-state index in [2.05, 4.69) is 10.3 Å². The number of nitrogens with zero attached hydrogens (tertiary/aromatic N) is 1. The Morgan fingerprint density at radius 2 is 1.96 bits per heavy atom. The highest BCUT2D eigenvalue weighted by atomic mass is 35.5. The molecular formula is C21H21ClN2O2. The van der Waals surface area contributed by atoms with Gasteiger partial charge in [0.1, 0.15) is 5.52 Å². The number of carbonyl (C=O) groups is 1. The largest absolute Gasteiger partial charge is 0.436 e. The van der Waals surface area contributed by atoms with Crippen LogP contribution in [0.2, 0.25) is 5.02 Å². The van der Waals surface area contributed by atoms with Gasteiger partial charge in [-0.15, -0.1) is 0 Å². The maximum Gasteiger partial charge on any atom is 0.227 e. The van der Waals surface area contributed by atoms with Crippen molar-refractivity contribution in [1.82, 2.24) is 4.98 Å². The molecule has 1 aliphatic rings. The lowest BCUT2D eigenvalue weighted by atomic mass is 9.88. The summed E-state index contributed by atoms with van der Waals surface area (Å²) >= 11 is 6.02. The van der Waals surface area contributed by atoms with Gasteiger partial charge in [-0.3, -0.25) is 4.79 Å². The third-order valence-electron chi connectivity index (χ3n) is 5.07. The van der Waals surface area contributed by atoms with Crippen molar-refractivity contribution in [2.24, 2.45) is 5.92 Å². The first kappa shape index (κ1) is 17.1. The summed E-state index contributed by atoms with van der Waals surface area (Å²) < 4.78 is 5.84. The van der Waals surface area contributed by atoms with Gasteiger partial charge in [0.2, 0.25) is 11.8 Å². The number of anilines is 1. The van der Waals surface area contributed by atoms with E-state index in [1.807, 2.05) is 31.2 Å². The van der Waals surface area contributed by atoms with E-state index >= 15 is 0 Å². The summed E-state index contributed by atoms with van der Waals surface area (Å²) in [6.45, 7) is 1.99. The molecule has 4 rings (SSSR count). The Kier molecular flexibility index (Phi) is 4.68. The van der Waals surface area contributed by atoms with Crippen molar-refractivity contribution in [2.75, 3.05) is 5.32 Å². The highest BCUT2D eigenvalue weighted by Gasteiger charge is 2.21. The first-order chi connectivity index (χ1) is 12.6. The van der Waals surface area contributed by atoms with Crippen LogP contribution in [0.1, 0.15) is 37.7 Å². The lowest BCUT2D eigenvalue weighted by Crippen LogP contribution is -2.25. The summed E-state index contributed by atoms with van der Waals surface area (Å²) in [6, 6.07) is 11.2. The quantitative estimate of drug-likeness (QED) is 0.619. The standard InChI is InChI=1S/C21H21ClN2O2/c1-13-7-8-15(21-24-18-12-16(22)9-10-19(18)26-21)11-17(13)23-20(25)14-5-3-2-4-6-14/h7-12,14H,2-6H2,1H3,(H,23,25). The molecule has 1 saturated carbocycles. The van der Waals surface area contributed by atoms with Gasteiger partial charge in [-0.25, -0.2) is 4.98 Å². The number of carbonyl (C=O) groups excluding carboxylic acids is 1. The topological polar surface area (TPSA) is 55.1 Å². The van der Waals surface area contributed by atoms with Gasteiger partial charge in [0.15, 0.2) is 5.58 Å². The van der Waals surface area contributed by atoms with Gasteiger partial charge in [0.25, 0.3) is 0 Å². The second-order valence-corrected chi connectivity index (χ2v) is 7.42. The van der Waals surface area contributed by atoms with E-state index in [1.165, 1.54) is 6.42 Å². The van der Waals surface area contributed by atoms with Crippen LogP contribution in [0.4, 0.5) is 5.69 Å². The Morgan fingerprint density at radius 1 is 1.15 bits per heavy atom. The van der Waals surface area contributed by atoms with E-state index in [4.69, 9.17) is 16.0 Å². The molecule has 2 aromatic carbocycles. The van der Waals surface area contributed by atoms with Gasteiger partial charge in [-0.2, -0.15) is 0 Å². The van der Waals surface area contributed by atoms with Crippen molar-refractivity contribution < 1.29 is 9.21 Å². The van der Waals surface area contributed by atoms with Gasteiger partial charge in [-0.1, -0.05) is 36.9 Å². The molecule has 1 heterocycles. The second-order valence-electron chi connectivity index (χ2n) is 6.98. The van der Waals surface area contributed by atoms with Crippen molar-refractivity contribution in [3.63, 3.8) is 0 Å². The molecule has 4 nitrogen and oxygen atoms in total. The minimum atomic E-state index is 0.120. The second kappa shape index (κ2) is 7.12. The van der Waals surface area contributed by atoms with E-state index in [0.29, 0.717) is 16.5 Å². The number of oxazole rings is 1. The lowest BCUT2D eigenvalue weighted by molar-refractivity contribution is -0.120. The minimum absolute atomic E-state index is 0.120. The number of aromatic nitrogens is 1. The summed E-state index contributed by atoms with van der Waals surface area (Å²) in [5.41, 5.74) is 4.09. The smallest absolute Gasteiger partial charge is 0.227 e. The zero-order valence-corrected chi connectivity index (χ0v) is 15.5. The van der Waals surface area contributed by atoms with Crippen LogP contribution in [0.15, 0.2) is 40.8 Å². The lowest BCUT2D eigenvalue weighted by Gasteiger charge is -2.21. The summed E-state index contributed by atoms with van der Waals surface area (Å²) in [4.78, 5) is 17.1. The average Bonchev–Trinajstić information content (AvgIpc) is 3.07. The predicted molar refractivity (Wildman–Crippen MR) is 104 cm³/mol. The number of hydrogen-bond acceptors (Lipinski definition) is 3. The molecule has 1 aliphatic carbocycles. The number of halogens is 1. The number of aryl methyl sites for hydroxylation is 1. The number of hydrogen-bond donors (Lipinski definition) is 1. The molecule has 0 atom stereocenters. The molecule has 0 unspecified atom stereocenters. The van der Waals surface area contributed by atoms with E-state index in [0.717, 1.165) is 48.0 Å². The normalized spacial score (nSPS) is 15.3. The van der Waals surface area contributed by atoms with E-state index in [1.54, 1.807) is 12.1 Å². The van der Waals surface area contributed by atoms with Crippen LogP contribution in [-0.2, 0) is 4.79 Å². The van der Waals surface area contributed by atoms with Crippen molar-refractivity contribution in [3.8, 4) is 11.5 Å². The van der Waals surface area contributed by atoms with Gasteiger partial charge in [0, 0.05) is 22.2 Å². The van der Waals surface area contributed by atoms with Gasteiger partial charge < -0.3 is 9.73 Å². The number of amides is 1. The molecule has 0 saturated heterocycles. The Morgan fingerprint density at radius 3 is 2.77 bits per heavy atom.